The number of urea groups is 1. The first-order valence-electron chi connectivity index (χ1n) is 8.79. The Kier molecular flexibility index (Phi) is 5.62. The van der Waals surface area contributed by atoms with Crippen molar-refractivity contribution >= 4 is 17.5 Å². The zero-order chi connectivity index (χ0) is 20.3. The first kappa shape index (κ1) is 19.8. The number of aromatic nitrogens is 1. The molecule has 1 fully saturated rings. The number of amides is 2. The van der Waals surface area contributed by atoms with E-state index in [1.54, 1.807) is 18.1 Å². The summed E-state index contributed by atoms with van der Waals surface area (Å²) in [4.78, 5) is 20.7. The maximum absolute atomic E-state index is 12.6. The molecule has 0 aliphatic carbocycles. The molecule has 0 spiro atoms. The van der Waals surface area contributed by atoms with Crippen molar-refractivity contribution in [1.82, 2.24) is 9.88 Å². The van der Waals surface area contributed by atoms with Crippen molar-refractivity contribution in [2.45, 2.75) is 19.1 Å². The molecule has 1 unspecified atom stereocenters. The lowest BCUT2D eigenvalue weighted by atomic mass is 10.2. The van der Waals surface area contributed by atoms with Crippen molar-refractivity contribution in [3.05, 3.63) is 48.0 Å². The number of benzene rings is 1. The van der Waals surface area contributed by atoms with Crippen LogP contribution in [0.25, 0.3) is 0 Å². The number of carbonyl (C=O) groups excluding carboxylic acids is 1. The fourth-order valence-corrected chi connectivity index (χ4v) is 3.10. The molecule has 2 aromatic rings. The lowest BCUT2D eigenvalue weighted by Gasteiger charge is -2.40. The number of carbonyl (C=O) groups is 1. The van der Waals surface area contributed by atoms with Crippen LogP contribution >= 0.6 is 0 Å². The van der Waals surface area contributed by atoms with Crippen molar-refractivity contribution in [1.29, 1.82) is 0 Å². The van der Waals surface area contributed by atoms with Gasteiger partial charge in [-0.15, -0.1) is 0 Å². The second-order valence-corrected chi connectivity index (χ2v) is 6.53. The predicted octanol–water partition coefficient (Wildman–Crippen LogP) is 3.85. The van der Waals surface area contributed by atoms with Crippen LogP contribution in [0, 0.1) is 0 Å². The van der Waals surface area contributed by atoms with E-state index in [0.717, 1.165) is 18.0 Å². The molecule has 0 saturated carbocycles. The van der Waals surface area contributed by atoms with Gasteiger partial charge in [0.15, 0.2) is 0 Å². The highest BCUT2D eigenvalue weighted by Gasteiger charge is 2.31. The molecule has 0 bridgehead atoms. The molecule has 1 aliphatic heterocycles. The van der Waals surface area contributed by atoms with Gasteiger partial charge in [0.2, 0.25) is 5.88 Å². The zero-order valence-corrected chi connectivity index (χ0v) is 15.5. The topological polar surface area (TPSA) is 57.7 Å². The number of rotatable bonds is 3. The maximum Gasteiger partial charge on any atom is 0.416 e. The van der Waals surface area contributed by atoms with Crippen LogP contribution in [0.3, 0.4) is 0 Å². The minimum Gasteiger partial charge on any atom is -0.481 e. The summed E-state index contributed by atoms with van der Waals surface area (Å²) in [5.74, 6) is 1.29. The van der Waals surface area contributed by atoms with Crippen LogP contribution < -0.4 is 15.0 Å². The fraction of sp³-hybridized carbons (Fsp3) is 0.368. The monoisotopic (exact) mass is 394 g/mol. The summed E-state index contributed by atoms with van der Waals surface area (Å²) in [6, 6.07) is 9.46. The smallest absolute Gasteiger partial charge is 0.416 e. The first-order chi connectivity index (χ1) is 13.3. The second kappa shape index (κ2) is 7.95. The Morgan fingerprint density at radius 2 is 1.89 bits per heavy atom. The van der Waals surface area contributed by atoms with Crippen LogP contribution in [-0.2, 0) is 6.18 Å². The Morgan fingerprint density at radius 3 is 2.50 bits per heavy atom. The first-order valence-corrected chi connectivity index (χ1v) is 8.79. The van der Waals surface area contributed by atoms with E-state index in [1.807, 2.05) is 19.1 Å². The van der Waals surface area contributed by atoms with Gasteiger partial charge in [0.1, 0.15) is 5.82 Å². The molecule has 1 atom stereocenters. The van der Waals surface area contributed by atoms with E-state index in [4.69, 9.17) is 4.74 Å². The highest BCUT2D eigenvalue weighted by atomic mass is 19.4. The van der Waals surface area contributed by atoms with Gasteiger partial charge >= 0.3 is 12.2 Å². The number of alkyl halides is 3. The molecule has 28 heavy (non-hydrogen) atoms. The molecule has 0 radical (unpaired) electrons. The van der Waals surface area contributed by atoms with Gasteiger partial charge < -0.3 is 19.9 Å². The third-order valence-corrected chi connectivity index (χ3v) is 4.59. The SMILES string of the molecule is COc1cccc(N2CCN(C(=O)Nc3ccc(C(F)(F)F)cc3)C(C)C2)n1. The number of hydrogen-bond acceptors (Lipinski definition) is 4. The number of halogens is 3. The van der Waals surface area contributed by atoms with Crippen molar-refractivity contribution < 1.29 is 22.7 Å². The number of piperazine rings is 1. The summed E-state index contributed by atoms with van der Waals surface area (Å²) in [5.41, 5.74) is -0.430. The Morgan fingerprint density at radius 1 is 1.18 bits per heavy atom. The number of nitrogens with zero attached hydrogens (tertiary/aromatic N) is 3. The van der Waals surface area contributed by atoms with E-state index in [1.165, 1.54) is 12.1 Å². The highest BCUT2D eigenvalue weighted by Crippen LogP contribution is 2.30. The largest absolute Gasteiger partial charge is 0.481 e. The predicted molar refractivity (Wildman–Crippen MR) is 99.6 cm³/mol. The Balaban J connectivity index is 1.61. The lowest BCUT2D eigenvalue weighted by Crippen LogP contribution is -2.55. The zero-order valence-electron chi connectivity index (χ0n) is 15.5. The minimum atomic E-state index is -4.40. The van der Waals surface area contributed by atoms with Crippen LogP contribution in [0.15, 0.2) is 42.5 Å². The summed E-state index contributed by atoms with van der Waals surface area (Å²) >= 11 is 0. The van der Waals surface area contributed by atoms with Crippen molar-refractivity contribution in [2.75, 3.05) is 37.0 Å². The Bertz CT molecular complexity index is 827. The van der Waals surface area contributed by atoms with Crippen molar-refractivity contribution in [3.8, 4) is 5.88 Å². The van der Waals surface area contributed by atoms with E-state index < -0.39 is 11.7 Å². The number of ether oxygens (including phenoxy) is 1. The average molecular weight is 394 g/mol. The van der Waals surface area contributed by atoms with E-state index >= 15 is 0 Å². The molecule has 2 heterocycles. The standard InChI is InChI=1S/C19H21F3N4O2/c1-13-12-25(16-4-3-5-17(24-16)28-2)10-11-26(13)18(27)23-15-8-6-14(7-9-15)19(20,21)22/h3-9,13H,10-12H2,1-2H3,(H,23,27). The number of hydrogen-bond donors (Lipinski definition) is 1. The Labute approximate surface area is 160 Å². The van der Waals surface area contributed by atoms with Gasteiger partial charge in [-0.05, 0) is 37.3 Å². The van der Waals surface area contributed by atoms with Crippen molar-refractivity contribution in [3.63, 3.8) is 0 Å². The summed E-state index contributed by atoms with van der Waals surface area (Å²) in [7, 11) is 1.55. The van der Waals surface area contributed by atoms with Gasteiger partial charge in [0.25, 0.3) is 0 Å². The number of nitrogens with one attached hydrogen (secondary N) is 1. The molecule has 1 aromatic heterocycles. The van der Waals surface area contributed by atoms with Gasteiger partial charge in [0.05, 0.1) is 12.7 Å². The van der Waals surface area contributed by atoms with Gasteiger partial charge in [-0.3, -0.25) is 0 Å². The highest BCUT2D eigenvalue weighted by molar-refractivity contribution is 5.89. The third kappa shape index (κ3) is 4.47. The van der Waals surface area contributed by atoms with Crippen LogP contribution in [0.4, 0.5) is 29.5 Å². The quantitative estimate of drug-likeness (QED) is 0.859. The van der Waals surface area contributed by atoms with Crippen LogP contribution in [0.5, 0.6) is 5.88 Å². The number of anilines is 2. The second-order valence-electron chi connectivity index (χ2n) is 6.53. The van der Waals surface area contributed by atoms with E-state index in [2.05, 4.69) is 15.2 Å². The van der Waals surface area contributed by atoms with Gasteiger partial charge in [-0.25, -0.2) is 4.79 Å². The van der Waals surface area contributed by atoms with Crippen LogP contribution in [-0.4, -0.2) is 48.7 Å². The molecule has 9 heteroatoms. The van der Waals surface area contributed by atoms with Gasteiger partial charge in [-0.1, -0.05) is 6.07 Å². The molecule has 150 valence electrons. The molecular formula is C19H21F3N4O2. The van der Waals surface area contributed by atoms with Crippen molar-refractivity contribution in [2.24, 2.45) is 0 Å². The summed E-state index contributed by atoms with van der Waals surface area (Å²) < 4.78 is 43.1. The van der Waals surface area contributed by atoms with Crippen LogP contribution in [0.2, 0.25) is 0 Å². The molecule has 6 nitrogen and oxygen atoms in total. The molecular weight excluding hydrogens is 373 g/mol. The molecule has 2 amide bonds. The third-order valence-electron chi connectivity index (χ3n) is 4.59. The maximum atomic E-state index is 12.6. The summed E-state index contributed by atoms with van der Waals surface area (Å²) in [6.45, 7) is 3.55. The molecule has 1 aromatic carbocycles. The molecule has 1 saturated heterocycles. The summed E-state index contributed by atoms with van der Waals surface area (Å²) in [5, 5.41) is 2.66. The molecule has 3 rings (SSSR count). The Hall–Kier alpha value is -2.97. The molecule has 1 aliphatic rings. The number of pyridine rings is 1. The normalized spacial score (nSPS) is 17.4. The van der Waals surface area contributed by atoms with Gasteiger partial charge in [-0.2, -0.15) is 18.2 Å². The minimum absolute atomic E-state index is 0.101. The van der Waals surface area contributed by atoms with E-state index in [0.29, 0.717) is 31.2 Å². The lowest BCUT2D eigenvalue weighted by molar-refractivity contribution is -0.137. The fourth-order valence-electron chi connectivity index (χ4n) is 3.10. The van der Waals surface area contributed by atoms with E-state index in [9.17, 15) is 18.0 Å². The molecule has 1 N–H and O–H groups in total. The number of methoxy groups -OCH3 is 1. The van der Waals surface area contributed by atoms with E-state index in [-0.39, 0.29) is 12.1 Å². The van der Waals surface area contributed by atoms with Crippen LogP contribution in [0.1, 0.15) is 12.5 Å². The van der Waals surface area contributed by atoms with Gasteiger partial charge in [0, 0.05) is 37.4 Å². The average Bonchev–Trinajstić information content (AvgIpc) is 2.67. The summed E-state index contributed by atoms with van der Waals surface area (Å²) in [6.07, 6.45) is -4.40.